The fourth-order valence-corrected chi connectivity index (χ4v) is 3.87. The SMILES string of the molecule is CC(C)Cn1c(SC/C(O)=C(\C#N)c2nc3ccccc3[nH]2)nnc1-c1ccco1. The van der Waals surface area contributed by atoms with Crippen LogP contribution >= 0.6 is 11.8 Å². The highest BCUT2D eigenvalue weighted by atomic mass is 32.2. The molecule has 0 bridgehead atoms. The van der Waals surface area contributed by atoms with Gasteiger partial charge in [-0.25, -0.2) is 4.98 Å². The van der Waals surface area contributed by atoms with Gasteiger partial charge in [0.05, 0.1) is 23.0 Å². The standard InChI is InChI=1S/C21H20N6O2S/c1-13(2)11-27-20(18-8-5-9-29-18)25-26-21(27)30-12-17(28)14(10-22)19-23-15-6-3-4-7-16(15)24-19/h3-9,13,28H,11-12H2,1-2H3,(H,23,24)/b17-14-. The van der Waals surface area contributed by atoms with Crippen molar-refractivity contribution in [2.75, 3.05) is 5.75 Å². The number of fused-ring (bicyclic) bond motifs is 1. The summed E-state index contributed by atoms with van der Waals surface area (Å²) in [6.45, 7) is 4.91. The number of hydrogen-bond acceptors (Lipinski definition) is 7. The number of H-pyrrole nitrogens is 1. The van der Waals surface area contributed by atoms with Crippen molar-refractivity contribution in [2.45, 2.75) is 25.5 Å². The molecule has 3 aromatic heterocycles. The number of furan rings is 1. The van der Waals surface area contributed by atoms with Gasteiger partial charge in [0.25, 0.3) is 0 Å². The van der Waals surface area contributed by atoms with Crippen LogP contribution < -0.4 is 0 Å². The van der Waals surface area contributed by atoms with Gasteiger partial charge in [-0.1, -0.05) is 37.7 Å². The zero-order valence-corrected chi connectivity index (χ0v) is 17.3. The van der Waals surface area contributed by atoms with Gasteiger partial charge in [0.15, 0.2) is 22.6 Å². The van der Waals surface area contributed by atoms with Crippen molar-refractivity contribution in [3.8, 4) is 17.7 Å². The average Bonchev–Trinajstić information content (AvgIpc) is 3.46. The molecule has 4 aromatic rings. The average molecular weight is 420 g/mol. The third-order valence-electron chi connectivity index (χ3n) is 4.37. The number of hydrogen-bond donors (Lipinski definition) is 2. The summed E-state index contributed by atoms with van der Waals surface area (Å²) in [5, 5.41) is 29.4. The summed E-state index contributed by atoms with van der Waals surface area (Å²) in [7, 11) is 0. The summed E-state index contributed by atoms with van der Waals surface area (Å²) in [5.74, 6) is 2.07. The lowest BCUT2D eigenvalue weighted by Crippen LogP contribution is -2.08. The van der Waals surface area contributed by atoms with Crippen molar-refractivity contribution >= 4 is 28.4 Å². The monoisotopic (exact) mass is 420 g/mol. The molecule has 0 saturated heterocycles. The van der Waals surface area contributed by atoms with Crippen LogP contribution in [-0.4, -0.2) is 35.6 Å². The summed E-state index contributed by atoms with van der Waals surface area (Å²) in [4.78, 5) is 7.48. The van der Waals surface area contributed by atoms with Crippen molar-refractivity contribution in [3.05, 3.63) is 54.2 Å². The second kappa shape index (κ2) is 8.47. The van der Waals surface area contributed by atoms with Crippen LogP contribution in [0.25, 0.3) is 28.2 Å². The fourth-order valence-electron chi connectivity index (χ4n) is 3.04. The Bertz CT molecular complexity index is 1200. The maximum atomic E-state index is 10.6. The third-order valence-corrected chi connectivity index (χ3v) is 5.35. The summed E-state index contributed by atoms with van der Waals surface area (Å²) in [6.07, 6.45) is 1.59. The number of aliphatic hydroxyl groups is 1. The molecule has 152 valence electrons. The first-order chi connectivity index (χ1) is 14.6. The van der Waals surface area contributed by atoms with E-state index in [1.807, 2.05) is 34.9 Å². The number of thioether (sulfide) groups is 1. The topological polar surface area (TPSA) is 117 Å². The van der Waals surface area contributed by atoms with Gasteiger partial charge in [-0.15, -0.1) is 10.2 Å². The van der Waals surface area contributed by atoms with E-state index in [9.17, 15) is 10.4 Å². The van der Waals surface area contributed by atoms with Crippen molar-refractivity contribution in [3.63, 3.8) is 0 Å². The molecule has 30 heavy (non-hydrogen) atoms. The normalized spacial score (nSPS) is 12.3. The largest absolute Gasteiger partial charge is 0.510 e. The highest BCUT2D eigenvalue weighted by Gasteiger charge is 2.19. The lowest BCUT2D eigenvalue weighted by atomic mass is 10.2. The molecular weight excluding hydrogens is 400 g/mol. The molecule has 8 nitrogen and oxygen atoms in total. The molecule has 1 aromatic carbocycles. The number of rotatable bonds is 7. The Kier molecular flexibility index (Phi) is 5.59. The van der Waals surface area contributed by atoms with Gasteiger partial charge in [-0.2, -0.15) is 5.26 Å². The van der Waals surface area contributed by atoms with Crippen LogP contribution in [0.5, 0.6) is 0 Å². The van der Waals surface area contributed by atoms with Gasteiger partial charge in [0, 0.05) is 6.54 Å². The Morgan fingerprint density at radius 2 is 2.10 bits per heavy atom. The van der Waals surface area contributed by atoms with E-state index in [2.05, 4.69) is 40.1 Å². The van der Waals surface area contributed by atoms with Crippen LogP contribution in [0.3, 0.4) is 0 Å². The third kappa shape index (κ3) is 3.95. The molecule has 3 heterocycles. The maximum absolute atomic E-state index is 10.6. The van der Waals surface area contributed by atoms with Gasteiger partial charge >= 0.3 is 0 Å². The van der Waals surface area contributed by atoms with Gasteiger partial charge in [0.1, 0.15) is 17.4 Å². The smallest absolute Gasteiger partial charge is 0.200 e. The predicted octanol–water partition coefficient (Wildman–Crippen LogP) is 4.66. The first kappa shape index (κ1) is 19.8. The number of aromatic amines is 1. The lowest BCUT2D eigenvalue weighted by Gasteiger charge is -2.11. The lowest BCUT2D eigenvalue weighted by molar-refractivity contribution is 0.420. The molecule has 9 heteroatoms. The predicted molar refractivity (Wildman–Crippen MR) is 115 cm³/mol. The Morgan fingerprint density at radius 3 is 2.80 bits per heavy atom. The molecule has 0 amide bonds. The minimum absolute atomic E-state index is 0.0693. The Labute approximate surface area is 177 Å². The minimum Gasteiger partial charge on any atom is -0.510 e. The van der Waals surface area contributed by atoms with E-state index >= 15 is 0 Å². The van der Waals surface area contributed by atoms with E-state index in [0.29, 0.717) is 35.0 Å². The molecule has 0 spiro atoms. The molecule has 0 saturated carbocycles. The second-order valence-electron chi connectivity index (χ2n) is 7.11. The molecular formula is C21H20N6O2S. The zero-order chi connectivity index (χ0) is 21.1. The first-order valence-electron chi connectivity index (χ1n) is 9.44. The van der Waals surface area contributed by atoms with Gasteiger partial charge in [0.2, 0.25) is 0 Å². The number of para-hydroxylation sites is 2. The number of aromatic nitrogens is 5. The second-order valence-corrected chi connectivity index (χ2v) is 8.06. The summed E-state index contributed by atoms with van der Waals surface area (Å²) in [6, 6.07) is 13.2. The quantitative estimate of drug-likeness (QED) is 0.254. The highest BCUT2D eigenvalue weighted by Crippen LogP contribution is 2.28. The number of imidazole rings is 1. The highest BCUT2D eigenvalue weighted by molar-refractivity contribution is 7.99. The molecule has 0 unspecified atom stereocenters. The summed E-state index contributed by atoms with van der Waals surface area (Å²) < 4.78 is 7.44. The molecule has 0 aliphatic heterocycles. The zero-order valence-electron chi connectivity index (χ0n) is 16.5. The number of benzene rings is 1. The summed E-state index contributed by atoms with van der Waals surface area (Å²) >= 11 is 1.31. The number of nitriles is 1. The van der Waals surface area contributed by atoms with E-state index in [-0.39, 0.29) is 17.1 Å². The van der Waals surface area contributed by atoms with Crippen LogP contribution in [0, 0.1) is 17.2 Å². The van der Waals surface area contributed by atoms with Crippen LogP contribution in [0.2, 0.25) is 0 Å². The molecule has 0 atom stereocenters. The summed E-state index contributed by atoms with van der Waals surface area (Å²) in [5.41, 5.74) is 1.65. The van der Waals surface area contributed by atoms with Gasteiger partial charge in [-0.3, -0.25) is 4.57 Å². The van der Waals surface area contributed by atoms with E-state index in [0.717, 1.165) is 11.0 Å². The van der Waals surface area contributed by atoms with Crippen molar-refractivity contribution in [1.82, 2.24) is 24.7 Å². The molecule has 0 radical (unpaired) electrons. The first-order valence-corrected chi connectivity index (χ1v) is 10.4. The van der Waals surface area contributed by atoms with E-state index in [1.165, 1.54) is 11.8 Å². The maximum Gasteiger partial charge on any atom is 0.200 e. The van der Waals surface area contributed by atoms with E-state index < -0.39 is 0 Å². The minimum atomic E-state index is -0.0693. The van der Waals surface area contributed by atoms with Crippen LogP contribution in [-0.2, 0) is 6.54 Å². The number of aliphatic hydroxyl groups excluding tert-OH is 1. The van der Waals surface area contributed by atoms with E-state index in [4.69, 9.17) is 4.42 Å². The number of nitrogens with one attached hydrogen (secondary N) is 1. The number of nitrogens with zero attached hydrogens (tertiary/aromatic N) is 5. The molecule has 0 aliphatic rings. The Morgan fingerprint density at radius 1 is 1.27 bits per heavy atom. The Hall–Kier alpha value is -3.51. The van der Waals surface area contributed by atoms with Crippen molar-refractivity contribution in [2.24, 2.45) is 5.92 Å². The molecule has 4 rings (SSSR count). The molecule has 2 N–H and O–H groups in total. The van der Waals surface area contributed by atoms with Crippen LogP contribution in [0.15, 0.2) is 58.0 Å². The molecule has 0 fully saturated rings. The van der Waals surface area contributed by atoms with Gasteiger partial charge < -0.3 is 14.5 Å². The number of allylic oxidation sites excluding steroid dienone is 1. The Balaban J connectivity index is 1.61. The van der Waals surface area contributed by atoms with Crippen LogP contribution in [0.1, 0.15) is 19.7 Å². The van der Waals surface area contributed by atoms with E-state index in [1.54, 1.807) is 12.3 Å². The van der Waals surface area contributed by atoms with Gasteiger partial charge in [-0.05, 0) is 30.2 Å². The fraction of sp³-hybridized carbons (Fsp3) is 0.238. The molecule has 0 aliphatic carbocycles. The van der Waals surface area contributed by atoms with Crippen molar-refractivity contribution in [1.29, 1.82) is 5.26 Å². The van der Waals surface area contributed by atoms with Crippen molar-refractivity contribution < 1.29 is 9.52 Å². The van der Waals surface area contributed by atoms with Crippen LogP contribution in [0.4, 0.5) is 0 Å².